The van der Waals surface area contributed by atoms with E-state index in [-0.39, 0.29) is 114 Å². The highest BCUT2D eigenvalue weighted by Crippen LogP contribution is 2.45. The molecule has 92 heavy (non-hydrogen) atoms. The Morgan fingerprint density at radius 1 is 0.609 bits per heavy atom. The van der Waals surface area contributed by atoms with Crippen molar-refractivity contribution in [1.82, 2.24) is 24.8 Å². The summed E-state index contributed by atoms with van der Waals surface area (Å²) in [6.07, 6.45) is 8.80. The lowest BCUT2D eigenvalue weighted by molar-refractivity contribution is -0.664. The number of nitrogens with one attached hydrogen (secondary N) is 5. The van der Waals surface area contributed by atoms with Gasteiger partial charge in [-0.05, 0) is 86.1 Å². The molecular weight excluding hydrogens is 1310 g/mol. The van der Waals surface area contributed by atoms with Gasteiger partial charge in [0.05, 0.1) is 25.5 Å². The van der Waals surface area contributed by atoms with Crippen molar-refractivity contribution < 1.29 is 83.4 Å². The number of esters is 1. The van der Waals surface area contributed by atoms with E-state index < -0.39 is 43.2 Å². The molecule has 0 amide bonds. The number of nitrogens with two attached hydrogens (primary N) is 1. The lowest BCUT2D eigenvalue weighted by Crippen LogP contribution is -3.00. The molecule has 0 aliphatic carbocycles. The molecule has 0 unspecified atom stereocenters. The predicted octanol–water partition coefficient (Wildman–Crippen LogP) is 0.898. The van der Waals surface area contributed by atoms with Crippen LogP contribution in [-0.2, 0) is 48.0 Å². The summed E-state index contributed by atoms with van der Waals surface area (Å²) in [6, 6.07) is 37.0. The number of hydrogen-bond acceptors (Lipinski definition) is 13. The van der Waals surface area contributed by atoms with Crippen LogP contribution in [0, 0.1) is 0 Å². The fourth-order valence-electron chi connectivity index (χ4n) is 10.3. The van der Waals surface area contributed by atoms with E-state index in [1.54, 1.807) is 26.0 Å². The van der Waals surface area contributed by atoms with Gasteiger partial charge in [-0.2, -0.15) is 9.13 Å². The largest absolute Gasteiger partial charge is 1.00 e. The third-order valence-electron chi connectivity index (χ3n) is 14.9. The summed E-state index contributed by atoms with van der Waals surface area (Å²) in [7, 11) is -14.5. The van der Waals surface area contributed by atoms with Gasteiger partial charge in [0.25, 0.3) is 0 Å². The normalized spacial score (nSPS) is 11.8. The zero-order chi connectivity index (χ0) is 64.9. The average molecular weight is 1390 g/mol. The molecule has 0 aliphatic heterocycles. The van der Waals surface area contributed by atoms with Crippen molar-refractivity contribution in [1.29, 1.82) is 0 Å². The highest BCUT2D eigenvalue weighted by atomic mass is 79.9. The number of aliphatic imine (C=N–C) groups is 1. The van der Waals surface area contributed by atoms with Crippen LogP contribution in [0.15, 0.2) is 209 Å². The first-order valence-electron chi connectivity index (χ1n) is 29.2. The first-order chi connectivity index (χ1) is 42.9. The van der Waals surface area contributed by atoms with Gasteiger partial charge in [-0.1, -0.05) is 105 Å². The van der Waals surface area contributed by atoms with Crippen molar-refractivity contribution in [3.63, 3.8) is 0 Å². The minimum Gasteiger partial charge on any atom is -1.00 e. The zero-order valence-electron chi connectivity index (χ0n) is 51.5. The summed E-state index contributed by atoms with van der Waals surface area (Å²) in [5.41, 5.74) is 13.9. The van der Waals surface area contributed by atoms with Crippen LogP contribution in [0.5, 0.6) is 5.75 Å². The third kappa shape index (κ3) is 17.9. The zero-order valence-corrected chi connectivity index (χ0v) is 56.3. The van der Waals surface area contributed by atoms with Gasteiger partial charge in [-0.15, -0.1) is 6.58 Å². The molecule has 9 aromatic rings. The number of allylic oxidation sites excluding steroid dienone is 1. The summed E-state index contributed by atoms with van der Waals surface area (Å²) in [4.78, 5) is 15.6. The molecular formula is C67H76BBrClN9O10S3. The van der Waals surface area contributed by atoms with Crippen LogP contribution in [0.1, 0.15) is 56.7 Å². The smallest absolute Gasteiger partial charge is 0.488 e. The molecule has 0 aliphatic rings. The molecule has 0 bridgehead atoms. The number of benzene rings is 7. The van der Waals surface area contributed by atoms with Crippen LogP contribution < -0.4 is 79.3 Å². The molecule has 0 saturated carbocycles. The number of ether oxygens (including phenoxy) is 1. The molecule has 0 atom stereocenters. The molecule has 0 radical (unpaired) electrons. The van der Waals surface area contributed by atoms with Crippen molar-refractivity contribution in [2.24, 2.45) is 10.7 Å². The number of carbonyl (C=O) groups excluding carboxylic acids is 1. The first-order valence-corrected chi connectivity index (χ1v) is 33.6. The number of pyridine rings is 2. The van der Waals surface area contributed by atoms with Crippen LogP contribution in [0.4, 0.5) is 0 Å². The Morgan fingerprint density at radius 3 is 1.63 bits per heavy atom. The molecule has 19 nitrogen and oxygen atoms in total. The molecule has 484 valence electrons. The fraction of sp³-hybridized carbons (Fsp3) is 0.224. The van der Waals surface area contributed by atoms with Gasteiger partial charge < -0.3 is 60.5 Å². The number of aromatic nitrogens is 2. The Morgan fingerprint density at radius 2 is 1.12 bits per heavy atom. The molecule has 0 saturated heterocycles. The van der Waals surface area contributed by atoms with E-state index in [1.165, 1.54) is 52.2 Å². The van der Waals surface area contributed by atoms with Gasteiger partial charge in [-0.3, -0.25) is 9.79 Å². The number of halogens is 2. The van der Waals surface area contributed by atoms with Gasteiger partial charge in [0, 0.05) is 126 Å². The second-order valence-electron chi connectivity index (χ2n) is 21.7. The maximum absolute atomic E-state index is 14.1. The van der Waals surface area contributed by atoms with E-state index in [1.807, 2.05) is 24.3 Å². The molecule has 2 heterocycles. The summed E-state index contributed by atoms with van der Waals surface area (Å²) in [6.45, 7) is 26.6. The molecule has 7 aromatic carbocycles. The second-order valence-corrected chi connectivity index (χ2v) is 26.9. The molecule has 0 spiro atoms. The van der Waals surface area contributed by atoms with Crippen LogP contribution in [0.2, 0.25) is 0 Å². The maximum Gasteiger partial charge on any atom is 0.488 e. The number of sulfonamides is 3. The minimum absolute atomic E-state index is 0. The van der Waals surface area contributed by atoms with E-state index in [4.69, 9.17) is 10.5 Å². The summed E-state index contributed by atoms with van der Waals surface area (Å²) < 4.78 is 102. The lowest BCUT2D eigenvalue weighted by atomic mass is 9.79. The standard InChI is InChI=1S/C39H51N7O8S3.C28H25BN2O2.BrH.ClH/c1-8-16-41-17-9-20-44-56(50,51)35-24-36(57(52,53)46-21-10-18-42-27(6)25(2)3)32-15-14-30-34(55(48,49)45-22-11-19-43-39(40)26(4)5)23-33(54-28(7)47)29-12-13-31(35)38(32)37(29)30;1-2-21-10-12-22(13-11-21)19-30-16-4-8-25-26-9-5-17-31(28(26)15-14-27(25)30)20-23-6-3-7-24(18-23)29(32)33;;/h8,12-15,23-24,41-42,44-46H,1-2,4,6,9-11,16-22H2,3,5,7H3,(H2,40,43);2-18,32-33H,1,19-20H2;2*1H/q;+2;;/p-2. The molecule has 9 N–H and O–H groups in total. The monoisotopic (exact) mass is 1390 g/mol. The Bertz CT molecular complexity index is 4610. The van der Waals surface area contributed by atoms with Crippen molar-refractivity contribution in [3.05, 3.63) is 206 Å². The van der Waals surface area contributed by atoms with Crippen LogP contribution in [0.3, 0.4) is 0 Å². The highest BCUT2D eigenvalue weighted by Gasteiger charge is 2.31. The van der Waals surface area contributed by atoms with Gasteiger partial charge in [0.15, 0.2) is 25.5 Å². The topological polar surface area (TPSA) is 275 Å². The van der Waals surface area contributed by atoms with Crippen molar-refractivity contribution >= 4 is 115 Å². The Hall–Kier alpha value is -7.72. The van der Waals surface area contributed by atoms with Crippen LogP contribution >= 0.6 is 0 Å². The fourth-order valence-corrected chi connectivity index (χ4v) is 14.3. The third-order valence-corrected chi connectivity index (χ3v) is 19.4. The average Bonchev–Trinajstić information content (AvgIpc) is 0.708. The van der Waals surface area contributed by atoms with Gasteiger partial charge in [0.2, 0.25) is 41.1 Å². The van der Waals surface area contributed by atoms with E-state index in [0.717, 1.165) is 41.8 Å². The van der Waals surface area contributed by atoms with E-state index in [9.17, 15) is 40.1 Å². The minimum atomic E-state index is -4.39. The van der Waals surface area contributed by atoms with Gasteiger partial charge in [0.1, 0.15) is 11.6 Å². The van der Waals surface area contributed by atoms with Crippen LogP contribution in [0.25, 0.3) is 60.2 Å². The predicted molar refractivity (Wildman–Crippen MR) is 360 cm³/mol. The van der Waals surface area contributed by atoms with Gasteiger partial charge >= 0.3 is 13.1 Å². The van der Waals surface area contributed by atoms with Crippen molar-refractivity contribution in [3.8, 4) is 5.75 Å². The molecule has 0 fully saturated rings. The Kier molecular flexibility index (Phi) is 26.1. The van der Waals surface area contributed by atoms with E-state index in [2.05, 4.69) is 145 Å². The van der Waals surface area contributed by atoms with Crippen molar-refractivity contribution in [2.75, 3.05) is 45.8 Å². The Labute approximate surface area is 555 Å². The lowest BCUT2D eigenvalue weighted by Gasteiger charge is -2.21. The molecule has 2 aromatic heterocycles. The SMILES string of the molecule is C=CCNCCCNS(=O)(=O)c1cc(S(=O)(=O)NCCCNC(=C)C(=C)C)c2ccc3c(S(=O)(=O)NCCCN=C(N)C(=C)C)cc(OC(C)=O)c4ccc1c2c43.C=Cc1ccc(C[n+]2cccc3c4ccc[n+](Cc5cccc(B(O)O)c5)c4ccc32)cc1.[Br-].[Cl-]. The second kappa shape index (κ2) is 32.7. The van der Waals surface area contributed by atoms with Crippen molar-refractivity contribution in [2.45, 2.75) is 67.8 Å². The van der Waals surface area contributed by atoms with Crippen LogP contribution in [-0.4, -0.2) is 100 Å². The number of amidine groups is 1. The van der Waals surface area contributed by atoms with E-state index in [0.29, 0.717) is 62.2 Å². The first kappa shape index (κ1) is 73.3. The summed E-state index contributed by atoms with van der Waals surface area (Å²) in [5.74, 6) is -0.599. The summed E-state index contributed by atoms with van der Waals surface area (Å²) in [5, 5.41) is 28.6. The highest BCUT2D eigenvalue weighted by molar-refractivity contribution is 7.90. The number of carbonyl (C=O) groups is 1. The number of nitrogens with zero attached hydrogens (tertiary/aromatic N) is 3. The summed E-state index contributed by atoms with van der Waals surface area (Å²) >= 11 is 0. The van der Waals surface area contributed by atoms with E-state index >= 15 is 0 Å². The maximum atomic E-state index is 14.1. The molecule has 9 rings (SSSR count). The quantitative estimate of drug-likeness (QED) is 0.00298. The number of hydrogen-bond donors (Lipinski definition) is 8. The number of fused-ring (bicyclic) bond motifs is 3. The Balaban J connectivity index is 0.000000324. The molecule has 25 heteroatoms. The number of rotatable bonds is 30. The van der Waals surface area contributed by atoms with Gasteiger partial charge in [-0.25, -0.2) is 39.4 Å².